The lowest BCUT2D eigenvalue weighted by molar-refractivity contribution is 0.0494. The molecule has 120 valence electrons. The van der Waals surface area contributed by atoms with E-state index in [9.17, 15) is 9.59 Å². The zero-order chi connectivity index (χ0) is 16.4. The number of carbonyl (C=O) groups excluding carboxylic acids is 1. The quantitative estimate of drug-likeness (QED) is 0.580. The number of aromatic nitrogens is 2. The second kappa shape index (κ2) is 6.16. The third-order valence-electron chi connectivity index (χ3n) is 3.70. The summed E-state index contributed by atoms with van der Waals surface area (Å²) >= 11 is 0. The van der Waals surface area contributed by atoms with Gasteiger partial charge in [0.05, 0.1) is 17.6 Å². The number of esters is 1. The van der Waals surface area contributed by atoms with Crippen LogP contribution in [0, 0.1) is 13.8 Å². The highest BCUT2D eigenvalue weighted by atomic mass is 16.5. The summed E-state index contributed by atoms with van der Waals surface area (Å²) in [7, 11) is 0. The average molecular weight is 314 g/mol. The summed E-state index contributed by atoms with van der Waals surface area (Å²) in [5.41, 5.74) is 1.95. The molecule has 0 atom stereocenters. The van der Waals surface area contributed by atoms with E-state index in [-0.39, 0.29) is 12.3 Å². The molecule has 3 aromatic rings. The van der Waals surface area contributed by atoms with Crippen LogP contribution in [0.15, 0.2) is 39.5 Å². The first-order chi connectivity index (χ1) is 11.1. The van der Waals surface area contributed by atoms with E-state index in [4.69, 9.17) is 9.15 Å². The molecule has 6 nitrogen and oxygen atoms in total. The Hall–Kier alpha value is -2.76. The second-order valence-corrected chi connectivity index (χ2v) is 5.42. The van der Waals surface area contributed by atoms with Gasteiger partial charge in [0.15, 0.2) is 0 Å². The highest BCUT2D eigenvalue weighted by Gasteiger charge is 2.14. The van der Waals surface area contributed by atoms with Gasteiger partial charge in [-0.15, -0.1) is 0 Å². The van der Waals surface area contributed by atoms with Gasteiger partial charge in [0, 0.05) is 6.54 Å². The average Bonchev–Trinajstić information content (AvgIpc) is 3.02. The van der Waals surface area contributed by atoms with Crippen molar-refractivity contribution in [2.24, 2.45) is 0 Å². The third kappa shape index (κ3) is 3.06. The fourth-order valence-corrected chi connectivity index (χ4v) is 2.63. The number of benzene rings is 1. The van der Waals surface area contributed by atoms with E-state index in [0.717, 1.165) is 11.0 Å². The minimum atomic E-state index is -0.398. The summed E-state index contributed by atoms with van der Waals surface area (Å²) in [6, 6.07) is 9.17. The summed E-state index contributed by atoms with van der Waals surface area (Å²) in [6.45, 7) is 4.25. The van der Waals surface area contributed by atoms with E-state index < -0.39 is 5.97 Å². The molecule has 2 aromatic heterocycles. The standard InChI is InChI=1S/C17H18N2O4/c1-11-10-13(12(2)23-11)16(20)22-9-5-8-19-15-7-4-3-6-14(15)18-17(19)21/h3-4,6-7,10H,5,8-9H2,1-2H3,(H,18,21). The predicted octanol–water partition coefficient (Wildman–Crippen LogP) is 2.79. The van der Waals surface area contributed by atoms with Crippen LogP contribution in [0.1, 0.15) is 28.3 Å². The molecule has 23 heavy (non-hydrogen) atoms. The normalized spacial score (nSPS) is 11.0. The van der Waals surface area contributed by atoms with E-state index in [1.165, 1.54) is 0 Å². The van der Waals surface area contributed by atoms with E-state index in [1.807, 2.05) is 24.3 Å². The molecule has 1 aromatic carbocycles. The Bertz CT molecular complexity index is 901. The van der Waals surface area contributed by atoms with Crippen LogP contribution in [0.4, 0.5) is 0 Å². The van der Waals surface area contributed by atoms with Crippen LogP contribution in [-0.4, -0.2) is 22.1 Å². The number of para-hydroxylation sites is 2. The van der Waals surface area contributed by atoms with Crippen LogP contribution in [0.3, 0.4) is 0 Å². The minimum absolute atomic E-state index is 0.154. The molecule has 0 unspecified atom stereocenters. The molecule has 1 N–H and O–H groups in total. The Balaban J connectivity index is 1.59. The van der Waals surface area contributed by atoms with Crippen molar-refractivity contribution in [1.29, 1.82) is 0 Å². The van der Waals surface area contributed by atoms with Gasteiger partial charge in [0.1, 0.15) is 17.1 Å². The monoisotopic (exact) mass is 314 g/mol. The number of aromatic amines is 1. The van der Waals surface area contributed by atoms with E-state index in [0.29, 0.717) is 30.0 Å². The van der Waals surface area contributed by atoms with Crippen molar-refractivity contribution >= 4 is 17.0 Å². The number of H-pyrrole nitrogens is 1. The molecule has 0 amide bonds. The lowest BCUT2D eigenvalue weighted by Gasteiger charge is -2.05. The Morgan fingerprint density at radius 2 is 2.09 bits per heavy atom. The molecule has 0 fully saturated rings. The smallest absolute Gasteiger partial charge is 0.341 e. The molecular weight excluding hydrogens is 296 g/mol. The number of ether oxygens (including phenoxy) is 1. The molecule has 0 aliphatic carbocycles. The van der Waals surface area contributed by atoms with Crippen LogP contribution in [0.5, 0.6) is 0 Å². The zero-order valence-electron chi connectivity index (χ0n) is 13.1. The zero-order valence-corrected chi connectivity index (χ0v) is 13.1. The van der Waals surface area contributed by atoms with Gasteiger partial charge in [0.2, 0.25) is 0 Å². The lowest BCUT2D eigenvalue weighted by Crippen LogP contribution is -2.18. The molecule has 2 heterocycles. The largest absolute Gasteiger partial charge is 0.466 e. The maximum absolute atomic E-state index is 12.0. The Morgan fingerprint density at radius 3 is 2.83 bits per heavy atom. The van der Waals surface area contributed by atoms with Crippen LogP contribution >= 0.6 is 0 Å². The highest BCUT2D eigenvalue weighted by Crippen LogP contribution is 2.15. The highest BCUT2D eigenvalue weighted by molar-refractivity contribution is 5.90. The number of nitrogens with zero attached hydrogens (tertiary/aromatic N) is 1. The van der Waals surface area contributed by atoms with Crippen LogP contribution < -0.4 is 5.69 Å². The first kappa shape index (κ1) is 15.1. The Kier molecular flexibility index (Phi) is 4.06. The summed E-state index contributed by atoms with van der Waals surface area (Å²) in [5, 5.41) is 0. The maximum atomic E-state index is 12.0. The molecule has 0 saturated heterocycles. The number of hydrogen-bond donors (Lipinski definition) is 1. The van der Waals surface area contributed by atoms with Crippen molar-refractivity contribution in [2.75, 3.05) is 6.61 Å². The van der Waals surface area contributed by atoms with Gasteiger partial charge in [-0.3, -0.25) is 4.57 Å². The summed E-state index contributed by atoms with van der Waals surface area (Å²) in [5.74, 6) is 0.839. The van der Waals surface area contributed by atoms with Crippen LogP contribution in [0.2, 0.25) is 0 Å². The molecule has 0 aliphatic rings. The van der Waals surface area contributed by atoms with Gasteiger partial charge < -0.3 is 14.1 Å². The SMILES string of the molecule is Cc1cc(C(=O)OCCCn2c(=O)[nH]c3ccccc32)c(C)o1. The number of aryl methyl sites for hydroxylation is 3. The van der Waals surface area contributed by atoms with Crippen LogP contribution in [-0.2, 0) is 11.3 Å². The molecule has 0 aliphatic heterocycles. The molecule has 0 spiro atoms. The molecule has 0 radical (unpaired) electrons. The van der Waals surface area contributed by atoms with Crippen molar-refractivity contribution in [2.45, 2.75) is 26.8 Å². The number of rotatable bonds is 5. The Labute approximate surface area is 132 Å². The van der Waals surface area contributed by atoms with E-state index >= 15 is 0 Å². The van der Waals surface area contributed by atoms with Crippen LogP contribution in [0.25, 0.3) is 11.0 Å². The van der Waals surface area contributed by atoms with Crippen molar-refractivity contribution in [3.8, 4) is 0 Å². The van der Waals surface area contributed by atoms with Crippen molar-refractivity contribution in [3.05, 3.63) is 57.9 Å². The molecule has 6 heteroatoms. The van der Waals surface area contributed by atoms with Gasteiger partial charge in [-0.2, -0.15) is 0 Å². The fourth-order valence-electron chi connectivity index (χ4n) is 2.63. The van der Waals surface area contributed by atoms with Gasteiger partial charge in [-0.1, -0.05) is 12.1 Å². The maximum Gasteiger partial charge on any atom is 0.341 e. The fraction of sp³-hybridized carbons (Fsp3) is 0.294. The van der Waals surface area contributed by atoms with Crippen molar-refractivity contribution in [1.82, 2.24) is 9.55 Å². The number of carbonyl (C=O) groups is 1. The van der Waals surface area contributed by atoms with Gasteiger partial charge in [-0.05, 0) is 38.5 Å². The second-order valence-electron chi connectivity index (χ2n) is 5.42. The minimum Gasteiger partial charge on any atom is -0.466 e. The lowest BCUT2D eigenvalue weighted by atomic mass is 10.2. The van der Waals surface area contributed by atoms with Crippen molar-refractivity contribution < 1.29 is 13.9 Å². The topological polar surface area (TPSA) is 77.2 Å². The van der Waals surface area contributed by atoms with Gasteiger partial charge >= 0.3 is 11.7 Å². The number of hydrogen-bond acceptors (Lipinski definition) is 4. The summed E-state index contributed by atoms with van der Waals surface area (Å²) in [4.78, 5) is 26.7. The summed E-state index contributed by atoms with van der Waals surface area (Å²) in [6.07, 6.45) is 0.559. The van der Waals surface area contributed by atoms with E-state index in [1.54, 1.807) is 24.5 Å². The number of imidazole rings is 1. The third-order valence-corrected chi connectivity index (χ3v) is 3.70. The van der Waals surface area contributed by atoms with Gasteiger partial charge in [-0.25, -0.2) is 9.59 Å². The van der Waals surface area contributed by atoms with Crippen molar-refractivity contribution in [3.63, 3.8) is 0 Å². The molecule has 0 bridgehead atoms. The first-order valence-electron chi connectivity index (χ1n) is 7.48. The van der Waals surface area contributed by atoms with E-state index in [2.05, 4.69) is 4.98 Å². The Morgan fingerprint density at radius 1 is 1.30 bits per heavy atom. The first-order valence-corrected chi connectivity index (χ1v) is 7.48. The number of fused-ring (bicyclic) bond motifs is 1. The van der Waals surface area contributed by atoms with Gasteiger partial charge in [0.25, 0.3) is 0 Å². The molecule has 0 saturated carbocycles. The predicted molar refractivity (Wildman–Crippen MR) is 85.6 cm³/mol. The molecule has 3 rings (SSSR count). The number of nitrogens with one attached hydrogen (secondary N) is 1. The summed E-state index contributed by atoms with van der Waals surface area (Å²) < 4.78 is 12.2. The molecular formula is C17H18N2O4. The number of furan rings is 1.